The van der Waals surface area contributed by atoms with E-state index < -0.39 is 11.7 Å². The van der Waals surface area contributed by atoms with E-state index in [0.717, 1.165) is 17.3 Å². The lowest BCUT2D eigenvalue weighted by Gasteiger charge is -2.07. The van der Waals surface area contributed by atoms with E-state index in [1.54, 1.807) is 24.3 Å². The minimum atomic E-state index is -0.795. The molecule has 1 heterocycles. The fraction of sp³-hybridized carbons (Fsp3) is 0.100. The van der Waals surface area contributed by atoms with Crippen molar-refractivity contribution in [2.75, 3.05) is 5.32 Å². The summed E-state index contributed by atoms with van der Waals surface area (Å²) in [5.41, 5.74) is 0.795. The van der Waals surface area contributed by atoms with Crippen LogP contribution in [0.4, 0.5) is 10.5 Å². The third-order valence-corrected chi connectivity index (χ3v) is 4.04. The molecule has 2 aromatic carbocycles. The molecule has 3 rings (SSSR count). The van der Waals surface area contributed by atoms with Crippen molar-refractivity contribution in [2.24, 2.45) is 0 Å². The van der Waals surface area contributed by atoms with E-state index in [2.05, 4.69) is 15.3 Å². The molecule has 0 aliphatic carbocycles. The van der Waals surface area contributed by atoms with Crippen LogP contribution in [0.3, 0.4) is 0 Å². The van der Waals surface area contributed by atoms with Gasteiger partial charge in [-0.1, -0.05) is 54.1 Å². The first-order chi connectivity index (χ1) is 13.5. The largest absolute Gasteiger partial charge is 0.444 e. The molecule has 7 nitrogen and oxygen atoms in total. The fourth-order valence-corrected chi connectivity index (χ4v) is 2.49. The van der Waals surface area contributed by atoms with Gasteiger partial charge in [-0.05, 0) is 23.3 Å². The quantitative estimate of drug-likeness (QED) is 0.619. The Hall–Kier alpha value is -3.45. The summed E-state index contributed by atoms with van der Waals surface area (Å²) in [6, 6.07) is 15.9. The van der Waals surface area contributed by atoms with Gasteiger partial charge in [0.15, 0.2) is 5.82 Å². The van der Waals surface area contributed by atoms with E-state index in [9.17, 15) is 14.4 Å². The number of aromatic amines is 1. The van der Waals surface area contributed by atoms with Gasteiger partial charge in [0.2, 0.25) is 5.78 Å². The molecule has 2 N–H and O–H groups in total. The van der Waals surface area contributed by atoms with Crippen molar-refractivity contribution in [3.63, 3.8) is 0 Å². The molecule has 0 radical (unpaired) electrons. The van der Waals surface area contributed by atoms with Crippen LogP contribution >= 0.6 is 11.6 Å². The molecule has 3 aromatic rings. The van der Waals surface area contributed by atoms with Gasteiger partial charge in [0.25, 0.3) is 5.56 Å². The number of rotatable bonds is 6. The topological polar surface area (TPSA) is 101 Å². The Morgan fingerprint density at radius 3 is 2.43 bits per heavy atom. The fourth-order valence-electron chi connectivity index (χ4n) is 2.37. The molecular formula is C20H16ClN3O4. The lowest BCUT2D eigenvalue weighted by molar-refractivity contribution is 0.0982. The number of carbonyl (C=O) groups excluding carboxylic acids is 2. The summed E-state index contributed by atoms with van der Waals surface area (Å²) in [7, 11) is 0. The van der Waals surface area contributed by atoms with Crippen molar-refractivity contribution in [1.82, 2.24) is 9.97 Å². The summed E-state index contributed by atoms with van der Waals surface area (Å²) in [5.74, 6) is -0.458. The van der Waals surface area contributed by atoms with Crippen LogP contribution in [-0.4, -0.2) is 21.8 Å². The number of hydrogen-bond acceptors (Lipinski definition) is 5. The van der Waals surface area contributed by atoms with Gasteiger partial charge in [-0.2, -0.15) is 0 Å². The minimum absolute atomic E-state index is 0.0615. The first kappa shape index (κ1) is 19.3. The van der Waals surface area contributed by atoms with Crippen molar-refractivity contribution in [2.45, 2.75) is 13.0 Å². The van der Waals surface area contributed by atoms with E-state index in [1.165, 1.54) is 0 Å². The Labute approximate surface area is 165 Å². The van der Waals surface area contributed by atoms with Crippen molar-refractivity contribution >= 4 is 29.2 Å². The number of benzene rings is 2. The Morgan fingerprint density at radius 2 is 1.75 bits per heavy atom. The molecule has 0 aliphatic heterocycles. The molecule has 142 valence electrons. The zero-order chi connectivity index (χ0) is 19.9. The molecular weight excluding hydrogens is 382 g/mol. The molecule has 0 atom stereocenters. The lowest BCUT2D eigenvalue weighted by atomic mass is 10.1. The van der Waals surface area contributed by atoms with Gasteiger partial charge in [-0.15, -0.1) is 0 Å². The van der Waals surface area contributed by atoms with Gasteiger partial charge in [0, 0.05) is 11.4 Å². The van der Waals surface area contributed by atoms with E-state index in [1.807, 2.05) is 30.3 Å². The molecule has 1 amide bonds. The lowest BCUT2D eigenvalue weighted by Crippen LogP contribution is -2.23. The zero-order valence-corrected chi connectivity index (χ0v) is 15.4. The second-order valence-electron chi connectivity index (χ2n) is 5.89. The number of anilines is 1. The molecule has 0 bridgehead atoms. The Morgan fingerprint density at radius 1 is 1.04 bits per heavy atom. The van der Waals surface area contributed by atoms with E-state index in [0.29, 0.717) is 5.02 Å². The molecule has 1 aromatic heterocycles. The van der Waals surface area contributed by atoms with Crippen molar-refractivity contribution in [3.8, 4) is 0 Å². The molecule has 28 heavy (non-hydrogen) atoms. The summed E-state index contributed by atoms with van der Waals surface area (Å²) < 4.78 is 5.05. The van der Waals surface area contributed by atoms with Crippen molar-refractivity contribution < 1.29 is 14.3 Å². The van der Waals surface area contributed by atoms with Gasteiger partial charge in [0.1, 0.15) is 12.3 Å². The number of nitrogens with one attached hydrogen (secondary N) is 2. The van der Waals surface area contributed by atoms with Crippen LogP contribution < -0.4 is 10.9 Å². The SMILES string of the molecule is O=C(Nc1cnc(C(=O)Cc2ccc(Cl)cc2)[nH]c1=O)OCc1ccccc1. The number of amides is 1. The highest BCUT2D eigenvalue weighted by Gasteiger charge is 2.13. The second kappa shape index (κ2) is 8.96. The number of H-pyrrole nitrogens is 1. The van der Waals surface area contributed by atoms with E-state index >= 15 is 0 Å². The van der Waals surface area contributed by atoms with Crippen LogP contribution in [0, 0.1) is 0 Å². The average Bonchev–Trinajstić information content (AvgIpc) is 2.70. The summed E-state index contributed by atoms with van der Waals surface area (Å²) in [5, 5.41) is 2.88. The van der Waals surface area contributed by atoms with Gasteiger partial charge < -0.3 is 9.72 Å². The van der Waals surface area contributed by atoms with Crippen LogP contribution in [0.15, 0.2) is 65.6 Å². The highest BCUT2D eigenvalue weighted by molar-refractivity contribution is 6.30. The van der Waals surface area contributed by atoms with Crippen LogP contribution in [0.5, 0.6) is 0 Å². The van der Waals surface area contributed by atoms with Crippen molar-refractivity contribution in [3.05, 3.63) is 93.1 Å². The maximum Gasteiger partial charge on any atom is 0.412 e. The first-order valence-corrected chi connectivity index (χ1v) is 8.74. The standard InChI is InChI=1S/C20H16ClN3O4/c21-15-8-6-13(7-9-15)10-17(25)18-22-11-16(19(26)24-18)23-20(27)28-12-14-4-2-1-3-5-14/h1-9,11H,10,12H2,(H,23,27)(H,22,24,26). The Kier molecular flexibility index (Phi) is 6.18. The van der Waals surface area contributed by atoms with Gasteiger partial charge in [-0.3, -0.25) is 14.9 Å². The maximum absolute atomic E-state index is 12.3. The van der Waals surface area contributed by atoms with Gasteiger partial charge >= 0.3 is 6.09 Å². The molecule has 0 saturated carbocycles. The second-order valence-corrected chi connectivity index (χ2v) is 6.32. The third kappa shape index (κ3) is 5.28. The van der Waals surface area contributed by atoms with Gasteiger partial charge in [0.05, 0.1) is 6.20 Å². The number of ether oxygens (including phenoxy) is 1. The number of hydrogen-bond donors (Lipinski definition) is 2. The maximum atomic E-state index is 12.3. The normalized spacial score (nSPS) is 10.3. The third-order valence-electron chi connectivity index (χ3n) is 3.79. The summed E-state index contributed by atoms with van der Waals surface area (Å²) in [6.07, 6.45) is 0.389. The summed E-state index contributed by atoms with van der Waals surface area (Å²) in [4.78, 5) is 42.5. The summed E-state index contributed by atoms with van der Waals surface area (Å²) in [6.45, 7) is 0.0651. The van der Waals surface area contributed by atoms with Crippen molar-refractivity contribution in [1.29, 1.82) is 0 Å². The molecule has 0 fully saturated rings. The number of ketones is 1. The predicted octanol–water partition coefficient (Wildman–Crippen LogP) is 3.60. The number of carbonyl (C=O) groups is 2. The molecule has 8 heteroatoms. The first-order valence-electron chi connectivity index (χ1n) is 8.36. The molecule has 0 saturated heterocycles. The monoisotopic (exact) mass is 397 g/mol. The predicted molar refractivity (Wildman–Crippen MR) is 105 cm³/mol. The van der Waals surface area contributed by atoms with Crippen LogP contribution in [0.1, 0.15) is 21.7 Å². The minimum Gasteiger partial charge on any atom is -0.444 e. The smallest absolute Gasteiger partial charge is 0.412 e. The number of nitrogens with zero attached hydrogens (tertiary/aromatic N) is 1. The molecule has 0 aliphatic rings. The van der Waals surface area contributed by atoms with Gasteiger partial charge in [-0.25, -0.2) is 9.78 Å². The van der Waals surface area contributed by atoms with Crippen LogP contribution in [0.25, 0.3) is 0 Å². The highest BCUT2D eigenvalue weighted by atomic mass is 35.5. The Bertz CT molecular complexity index is 1030. The zero-order valence-electron chi connectivity index (χ0n) is 14.6. The number of halogens is 1. The molecule has 0 unspecified atom stereocenters. The van der Waals surface area contributed by atoms with E-state index in [-0.39, 0.29) is 30.3 Å². The number of aromatic nitrogens is 2. The highest BCUT2D eigenvalue weighted by Crippen LogP contribution is 2.11. The summed E-state index contributed by atoms with van der Waals surface area (Å²) >= 11 is 5.81. The van der Waals surface area contributed by atoms with Crippen LogP contribution in [-0.2, 0) is 17.8 Å². The van der Waals surface area contributed by atoms with Crippen LogP contribution in [0.2, 0.25) is 5.02 Å². The Balaban J connectivity index is 1.60. The number of Topliss-reactive ketones (excluding diaryl/α,β-unsaturated/α-hetero) is 1. The molecule has 0 spiro atoms. The average molecular weight is 398 g/mol. The van der Waals surface area contributed by atoms with E-state index in [4.69, 9.17) is 16.3 Å².